The molecule has 3 rings (SSSR count). The first kappa shape index (κ1) is 18.6. The Kier molecular flexibility index (Phi) is 6.08. The molecule has 26 heavy (non-hydrogen) atoms. The zero-order chi connectivity index (χ0) is 18.5. The SMILES string of the molecule is CCN1CCN(C(=O)CC(=O)N2CCN(c3ccccc3F)CC2)CC1. The number of rotatable bonds is 4. The van der Waals surface area contributed by atoms with Crippen molar-refractivity contribution in [2.75, 3.05) is 63.8 Å². The van der Waals surface area contributed by atoms with Gasteiger partial charge in [0.05, 0.1) is 5.69 Å². The average Bonchev–Trinajstić information content (AvgIpc) is 2.68. The van der Waals surface area contributed by atoms with E-state index >= 15 is 0 Å². The number of halogens is 1. The molecule has 2 heterocycles. The Morgan fingerprint density at radius 2 is 1.42 bits per heavy atom. The molecule has 1 aromatic carbocycles. The Morgan fingerprint density at radius 1 is 0.885 bits per heavy atom. The van der Waals surface area contributed by atoms with Crippen molar-refractivity contribution in [1.29, 1.82) is 0 Å². The van der Waals surface area contributed by atoms with Gasteiger partial charge in [-0.25, -0.2) is 4.39 Å². The predicted molar refractivity (Wildman–Crippen MR) is 98.5 cm³/mol. The van der Waals surface area contributed by atoms with Crippen LogP contribution in [-0.2, 0) is 9.59 Å². The zero-order valence-electron chi connectivity index (χ0n) is 15.4. The lowest BCUT2D eigenvalue weighted by Crippen LogP contribution is -2.52. The molecule has 1 aromatic rings. The maximum Gasteiger partial charge on any atom is 0.232 e. The summed E-state index contributed by atoms with van der Waals surface area (Å²) in [4.78, 5) is 32.6. The topological polar surface area (TPSA) is 47.1 Å². The van der Waals surface area contributed by atoms with E-state index in [-0.39, 0.29) is 24.1 Å². The van der Waals surface area contributed by atoms with Gasteiger partial charge in [0.2, 0.25) is 11.8 Å². The number of carbonyl (C=O) groups excluding carboxylic acids is 2. The molecule has 2 aliphatic rings. The van der Waals surface area contributed by atoms with E-state index in [1.54, 1.807) is 21.9 Å². The predicted octanol–water partition coefficient (Wildman–Crippen LogP) is 1.03. The molecular weight excluding hydrogens is 335 g/mol. The maximum atomic E-state index is 13.9. The minimum Gasteiger partial charge on any atom is -0.366 e. The van der Waals surface area contributed by atoms with E-state index in [4.69, 9.17) is 0 Å². The standard InChI is InChI=1S/C19H27FN4O2/c1-2-21-7-9-23(10-8-21)18(25)15-19(26)24-13-11-22(12-14-24)17-6-4-3-5-16(17)20/h3-6H,2,7-15H2,1H3. The second-order valence-electron chi connectivity index (χ2n) is 6.81. The molecule has 2 aliphatic heterocycles. The highest BCUT2D eigenvalue weighted by Gasteiger charge is 2.27. The van der Waals surface area contributed by atoms with Gasteiger partial charge in [0.1, 0.15) is 12.2 Å². The van der Waals surface area contributed by atoms with Crippen LogP contribution in [0.15, 0.2) is 24.3 Å². The fraction of sp³-hybridized carbons (Fsp3) is 0.579. The van der Waals surface area contributed by atoms with E-state index < -0.39 is 0 Å². The molecule has 2 amide bonds. The summed E-state index contributed by atoms with van der Waals surface area (Å²) in [5.41, 5.74) is 0.574. The molecule has 0 radical (unpaired) electrons. The van der Waals surface area contributed by atoms with E-state index in [2.05, 4.69) is 11.8 Å². The van der Waals surface area contributed by atoms with Crippen LogP contribution in [0.2, 0.25) is 0 Å². The Labute approximate surface area is 154 Å². The molecule has 0 bridgehead atoms. The summed E-state index contributed by atoms with van der Waals surface area (Å²) < 4.78 is 13.9. The van der Waals surface area contributed by atoms with Crippen LogP contribution in [0.3, 0.4) is 0 Å². The summed E-state index contributed by atoms with van der Waals surface area (Å²) >= 11 is 0. The summed E-state index contributed by atoms with van der Waals surface area (Å²) in [5, 5.41) is 0. The number of para-hydroxylation sites is 1. The molecule has 2 fully saturated rings. The van der Waals surface area contributed by atoms with Crippen molar-refractivity contribution in [3.8, 4) is 0 Å². The Hall–Kier alpha value is -2.15. The molecular formula is C19H27FN4O2. The van der Waals surface area contributed by atoms with Crippen LogP contribution < -0.4 is 4.90 Å². The number of carbonyl (C=O) groups is 2. The molecule has 0 spiro atoms. The Balaban J connectivity index is 1.46. The first-order valence-corrected chi connectivity index (χ1v) is 9.36. The Bertz CT molecular complexity index is 638. The third-order valence-corrected chi connectivity index (χ3v) is 5.30. The molecule has 0 atom stereocenters. The van der Waals surface area contributed by atoms with E-state index in [0.29, 0.717) is 45.0 Å². The molecule has 0 unspecified atom stereocenters. The maximum absolute atomic E-state index is 13.9. The van der Waals surface area contributed by atoms with Gasteiger partial charge in [0.25, 0.3) is 0 Å². The number of hydrogen-bond acceptors (Lipinski definition) is 4. The zero-order valence-corrected chi connectivity index (χ0v) is 15.4. The van der Waals surface area contributed by atoms with Gasteiger partial charge in [0.15, 0.2) is 0 Å². The van der Waals surface area contributed by atoms with Gasteiger partial charge in [-0.2, -0.15) is 0 Å². The van der Waals surface area contributed by atoms with E-state index in [1.807, 2.05) is 11.0 Å². The monoisotopic (exact) mass is 362 g/mol. The van der Waals surface area contributed by atoms with Crippen LogP contribution in [0.1, 0.15) is 13.3 Å². The first-order valence-electron chi connectivity index (χ1n) is 9.36. The summed E-state index contributed by atoms with van der Waals surface area (Å²) in [6.07, 6.45) is -0.0637. The van der Waals surface area contributed by atoms with Crippen LogP contribution in [0, 0.1) is 5.82 Å². The van der Waals surface area contributed by atoms with Gasteiger partial charge < -0.3 is 19.6 Å². The van der Waals surface area contributed by atoms with Crippen LogP contribution >= 0.6 is 0 Å². The van der Waals surface area contributed by atoms with Gasteiger partial charge in [-0.3, -0.25) is 9.59 Å². The third-order valence-electron chi connectivity index (χ3n) is 5.30. The first-order chi connectivity index (χ1) is 12.6. The third kappa shape index (κ3) is 4.33. The van der Waals surface area contributed by atoms with Crippen LogP contribution in [0.5, 0.6) is 0 Å². The van der Waals surface area contributed by atoms with Crippen molar-refractivity contribution in [1.82, 2.24) is 14.7 Å². The van der Waals surface area contributed by atoms with E-state index in [0.717, 1.165) is 19.6 Å². The van der Waals surface area contributed by atoms with Crippen molar-refractivity contribution in [2.45, 2.75) is 13.3 Å². The molecule has 7 heteroatoms. The number of nitrogens with zero attached hydrogens (tertiary/aromatic N) is 4. The van der Waals surface area contributed by atoms with Crippen molar-refractivity contribution < 1.29 is 14.0 Å². The number of amides is 2. The second kappa shape index (κ2) is 8.49. The van der Waals surface area contributed by atoms with Crippen molar-refractivity contribution in [3.05, 3.63) is 30.1 Å². The van der Waals surface area contributed by atoms with Gasteiger partial charge in [0, 0.05) is 52.4 Å². The van der Waals surface area contributed by atoms with Crippen LogP contribution in [0.25, 0.3) is 0 Å². The van der Waals surface area contributed by atoms with Crippen LogP contribution in [0.4, 0.5) is 10.1 Å². The quantitative estimate of drug-likeness (QED) is 0.751. The molecule has 0 N–H and O–H groups in total. The highest BCUT2D eigenvalue weighted by Crippen LogP contribution is 2.20. The highest BCUT2D eigenvalue weighted by atomic mass is 19.1. The Morgan fingerprint density at radius 3 is 1.96 bits per heavy atom. The molecule has 0 aliphatic carbocycles. The van der Waals surface area contributed by atoms with E-state index in [9.17, 15) is 14.0 Å². The lowest BCUT2D eigenvalue weighted by molar-refractivity contribution is -0.141. The molecule has 0 aromatic heterocycles. The van der Waals surface area contributed by atoms with Gasteiger partial charge in [-0.05, 0) is 18.7 Å². The minimum absolute atomic E-state index is 0.0637. The molecule has 2 saturated heterocycles. The van der Waals surface area contributed by atoms with E-state index in [1.165, 1.54) is 6.07 Å². The number of piperazine rings is 2. The minimum atomic E-state index is -0.242. The molecule has 0 saturated carbocycles. The number of benzene rings is 1. The average molecular weight is 362 g/mol. The summed E-state index contributed by atoms with van der Waals surface area (Å²) in [5.74, 6) is -0.447. The van der Waals surface area contributed by atoms with Crippen molar-refractivity contribution >= 4 is 17.5 Å². The highest BCUT2D eigenvalue weighted by molar-refractivity contribution is 5.97. The second-order valence-corrected chi connectivity index (χ2v) is 6.81. The molecule has 142 valence electrons. The summed E-state index contributed by atoms with van der Waals surface area (Å²) in [7, 11) is 0. The van der Waals surface area contributed by atoms with Gasteiger partial charge >= 0.3 is 0 Å². The molecule has 6 nitrogen and oxygen atoms in total. The largest absolute Gasteiger partial charge is 0.366 e. The van der Waals surface area contributed by atoms with Gasteiger partial charge in [-0.1, -0.05) is 19.1 Å². The fourth-order valence-electron chi connectivity index (χ4n) is 3.57. The number of anilines is 1. The fourth-order valence-corrected chi connectivity index (χ4v) is 3.57. The normalized spacial score (nSPS) is 18.9. The van der Waals surface area contributed by atoms with Crippen LogP contribution in [-0.4, -0.2) is 85.4 Å². The lowest BCUT2D eigenvalue weighted by atomic mass is 10.2. The van der Waals surface area contributed by atoms with Gasteiger partial charge in [-0.15, -0.1) is 0 Å². The lowest BCUT2D eigenvalue weighted by Gasteiger charge is -2.37. The van der Waals surface area contributed by atoms with Crippen molar-refractivity contribution in [2.24, 2.45) is 0 Å². The number of likely N-dealkylation sites (N-methyl/N-ethyl adjacent to an activating group) is 1. The number of hydrogen-bond donors (Lipinski definition) is 0. The summed E-state index contributed by atoms with van der Waals surface area (Å²) in [6.45, 7) is 8.44. The summed E-state index contributed by atoms with van der Waals surface area (Å²) in [6, 6.07) is 6.69. The van der Waals surface area contributed by atoms with Crippen molar-refractivity contribution in [3.63, 3.8) is 0 Å². The smallest absolute Gasteiger partial charge is 0.232 e.